The molecule has 2 saturated heterocycles. The monoisotopic (exact) mass is 445 g/mol. The van der Waals surface area contributed by atoms with Crippen molar-refractivity contribution in [1.29, 1.82) is 0 Å². The highest BCUT2D eigenvalue weighted by Crippen LogP contribution is 2.31. The van der Waals surface area contributed by atoms with E-state index in [4.69, 9.17) is 14.6 Å². The first kappa shape index (κ1) is 22.6. The molecule has 0 bridgehead atoms. The summed E-state index contributed by atoms with van der Waals surface area (Å²) in [5.74, 6) is 0. The molecule has 0 radical (unpaired) electrons. The number of rotatable bonds is 2. The van der Waals surface area contributed by atoms with E-state index in [9.17, 15) is 9.59 Å². The Morgan fingerprint density at radius 1 is 1.19 bits per heavy atom. The highest BCUT2D eigenvalue weighted by molar-refractivity contribution is 5.88. The van der Waals surface area contributed by atoms with Crippen LogP contribution in [0.25, 0.3) is 11.0 Å². The molecular formula is C23H35N5O4. The average Bonchev–Trinajstić information content (AvgIpc) is 3.17. The first-order chi connectivity index (χ1) is 15.0. The molecule has 32 heavy (non-hydrogen) atoms. The molecule has 9 heteroatoms. The molecule has 176 valence electrons. The van der Waals surface area contributed by atoms with E-state index in [1.807, 2.05) is 38.6 Å². The molecule has 0 aromatic carbocycles. The molecule has 2 fully saturated rings. The molecule has 2 aromatic rings. The van der Waals surface area contributed by atoms with Crippen LogP contribution >= 0.6 is 0 Å². The number of ether oxygens (including phenoxy) is 2. The number of aryl methyl sites for hydroxylation is 1. The van der Waals surface area contributed by atoms with E-state index in [2.05, 4.69) is 11.8 Å². The van der Waals surface area contributed by atoms with Crippen molar-refractivity contribution in [2.45, 2.75) is 77.8 Å². The van der Waals surface area contributed by atoms with Crippen LogP contribution in [-0.4, -0.2) is 62.7 Å². The van der Waals surface area contributed by atoms with Crippen LogP contribution < -0.4 is 10.5 Å². The topological polar surface area (TPSA) is 81.8 Å². The van der Waals surface area contributed by atoms with E-state index >= 15 is 0 Å². The highest BCUT2D eigenvalue weighted by Gasteiger charge is 2.36. The molecule has 0 saturated carbocycles. The SMILES string of the molecule is C[C@@H]1CN(c2cc(=O)n(C)c3cn(C4CCCCO4)nc23)[C@@H](C)CN1C(=O)OC(C)(C)C. The second-order valence-corrected chi connectivity index (χ2v) is 10.1. The third kappa shape index (κ3) is 4.35. The Hall–Kier alpha value is -2.55. The van der Waals surface area contributed by atoms with Crippen LogP contribution in [0.1, 0.15) is 60.1 Å². The number of hydrogen-bond acceptors (Lipinski definition) is 6. The van der Waals surface area contributed by atoms with Crippen molar-refractivity contribution in [3.8, 4) is 0 Å². The van der Waals surface area contributed by atoms with Crippen LogP contribution in [-0.2, 0) is 16.5 Å². The molecule has 2 aliphatic rings. The smallest absolute Gasteiger partial charge is 0.410 e. The lowest BCUT2D eigenvalue weighted by Gasteiger charge is -2.45. The van der Waals surface area contributed by atoms with Gasteiger partial charge in [0.05, 0.1) is 17.4 Å². The third-order valence-electron chi connectivity index (χ3n) is 6.28. The zero-order valence-electron chi connectivity index (χ0n) is 20.0. The summed E-state index contributed by atoms with van der Waals surface area (Å²) >= 11 is 0. The Bertz CT molecular complexity index is 1050. The van der Waals surface area contributed by atoms with Crippen molar-refractivity contribution < 1.29 is 14.3 Å². The number of anilines is 1. The van der Waals surface area contributed by atoms with E-state index in [0.717, 1.165) is 42.6 Å². The van der Waals surface area contributed by atoms with Gasteiger partial charge in [-0.05, 0) is 53.9 Å². The lowest BCUT2D eigenvalue weighted by molar-refractivity contribution is -0.0391. The minimum absolute atomic E-state index is 0.00473. The number of carbonyl (C=O) groups is 1. The maximum Gasteiger partial charge on any atom is 0.410 e. The summed E-state index contributed by atoms with van der Waals surface area (Å²) < 4.78 is 15.0. The number of aromatic nitrogens is 3. The molecule has 2 aromatic heterocycles. The highest BCUT2D eigenvalue weighted by atomic mass is 16.6. The van der Waals surface area contributed by atoms with Gasteiger partial charge in [0.25, 0.3) is 5.56 Å². The third-order valence-corrected chi connectivity index (χ3v) is 6.28. The zero-order chi connectivity index (χ0) is 23.2. The number of fused-ring (bicyclic) bond motifs is 1. The number of nitrogens with zero attached hydrogens (tertiary/aromatic N) is 5. The van der Waals surface area contributed by atoms with E-state index in [1.165, 1.54) is 0 Å². The molecular weight excluding hydrogens is 410 g/mol. The summed E-state index contributed by atoms with van der Waals surface area (Å²) in [5.41, 5.74) is 1.76. The lowest BCUT2D eigenvalue weighted by atomic mass is 10.1. The largest absolute Gasteiger partial charge is 0.444 e. The zero-order valence-corrected chi connectivity index (χ0v) is 20.0. The van der Waals surface area contributed by atoms with Crippen LogP contribution in [0.15, 0.2) is 17.1 Å². The van der Waals surface area contributed by atoms with Gasteiger partial charge in [-0.15, -0.1) is 0 Å². The minimum atomic E-state index is -0.539. The lowest BCUT2D eigenvalue weighted by Crippen LogP contribution is -2.59. The minimum Gasteiger partial charge on any atom is -0.444 e. The summed E-state index contributed by atoms with van der Waals surface area (Å²) in [6.45, 7) is 11.5. The Morgan fingerprint density at radius 3 is 2.59 bits per heavy atom. The number of hydrogen-bond donors (Lipinski definition) is 0. The van der Waals surface area contributed by atoms with Crippen molar-refractivity contribution in [1.82, 2.24) is 19.2 Å². The Labute approximate surface area is 188 Å². The maximum absolute atomic E-state index is 12.8. The van der Waals surface area contributed by atoms with Crippen LogP contribution in [0.2, 0.25) is 0 Å². The average molecular weight is 446 g/mol. The summed E-state index contributed by atoms with van der Waals surface area (Å²) in [6.07, 6.45) is 4.61. The first-order valence-electron chi connectivity index (χ1n) is 11.5. The fraction of sp³-hybridized carbons (Fsp3) is 0.696. The summed E-state index contributed by atoms with van der Waals surface area (Å²) in [6, 6.07) is 1.60. The molecule has 4 rings (SSSR count). The predicted molar refractivity (Wildman–Crippen MR) is 123 cm³/mol. The molecule has 0 N–H and O–H groups in total. The van der Waals surface area contributed by atoms with E-state index in [-0.39, 0.29) is 30.0 Å². The standard InChI is InChI=1S/C23H35N5O4/c1-15-13-27(22(30)32-23(3,4)5)16(2)12-26(15)17-11-19(29)25(6)18-14-28(24-21(17)18)20-9-7-8-10-31-20/h11,14-16,20H,7-10,12-13H2,1-6H3/t15-,16+,20?/m0/s1. The van der Waals surface area contributed by atoms with Crippen LogP contribution in [0.3, 0.4) is 0 Å². The van der Waals surface area contributed by atoms with Crippen molar-refractivity contribution >= 4 is 22.8 Å². The Morgan fingerprint density at radius 2 is 1.94 bits per heavy atom. The summed E-state index contributed by atoms with van der Waals surface area (Å²) in [7, 11) is 1.77. The van der Waals surface area contributed by atoms with Gasteiger partial charge in [-0.1, -0.05) is 0 Å². The van der Waals surface area contributed by atoms with Crippen LogP contribution in [0.4, 0.5) is 10.5 Å². The number of amides is 1. The van der Waals surface area contributed by atoms with Gasteiger partial charge in [-0.3, -0.25) is 4.79 Å². The number of carbonyl (C=O) groups excluding carboxylic acids is 1. The predicted octanol–water partition coefficient (Wildman–Crippen LogP) is 3.27. The van der Waals surface area contributed by atoms with Crippen LogP contribution in [0.5, 0.6) is 0 Å². The van der Waals surface area contributed by atoms with Crippen molar-refractivity contribution in [3.05, 3.63) is 22.6 Å². The van der Waals surface area contributed by atoms with Gasteiger partial charge < -0.3 is 23.8 Å². The van der Waals surface area contributed by atoms with Crippen molar-refractivity contribution in [2.75, 3.05) is 24.6 Å². The van der Waals surface area contributed by atoms with Crippen molar-refractivity contribution in [2.24, 2.45) is 7.05 Å². The Balaban J connectivity index is 1.66. The molecule has 1 amide bonds. The van der Waals surface area contributed by atoms with Gasteiger partial charge in [0, 0.05) is 44.9 Å². The molecule has 2 aliphatic heterocycles. The molecule has 4 heterocycles. The maximum atomic E-state index is 12.8. The quantitative estimate of drug-likeness (QED) is 0.706. The fourth-order valence-corrected chi connectivity index (χ4v) is 4.55. The molecule has 3 atom stereocenters. The summed E-state index contributed by atoms with van der Waals surface area (Å²) in [4.78, 5) is 29.5. The Kier molecular flexibility index (Phi) is 5.96. The van der Waals surface area contributed by atoms with Gasteiger partial charge >= 0.3 is 6.09 Å². The normalized spacial score (nSPS) is 24.8. The number of piperazine rings is 1. The summed E-state index contributed by atoms with van der Waals surface area (Å²) in [5, 5.41) is 4.86. The fourth-order valence-electron chi connectivity index (χ4n) is 4.55. The molecule has 1 unspecified atom stereocenters. The van der Waals surface area contributed by atoms with Gasteiger partial charge in [0.1, 0.15) is 17.3 Å². The molecule has 0 aliphatic carbocycles. The second-order valence-electron chi connectivity index (χ2n) is 10.1. The van der Waals surface area contributed by atoms with Gasteiger partial charge in [0.15, 0.2) is 0 Å². The number of pyridine rings is 1. The van der Waals surface area contributed by atoms with E-state index in [0.29, 0.717) is 13.1 Å². The molecule has 9 nitrogen and oxygen atoms in total. The van der Waals surface area contributed by atoms with Gasteiger partial charge in [0.2, 0.25) is 0 Å². The van der Waals surface area contributed by atoms with Gasteiger partial charge in [-0.2, -0.15) is 5.10 Å². The van der Waals surface area contributed by atoms with Gasteiger partial charge in [-0.25, -0.2) is 9.48 Å². The van der Waals surface area contributed by atoms with Crippen molar-refractivity contribution in [3.63, 3.8) is 0 Å². The van der Waals surface area contributed by atoms with E-state index < -0.39 is 5.60 Å². The first-order valence-corrected chi connectivity index (χ1v) is 11.5. The van der Waals surface area contributed by atoms with E-state index in [1.54, 1.807) is 22.6 Å². The van der Waals surface area contributed by atoms with Crippen LogP contribution in [0, 0.1) is 0 Å². The molecule has 0 spiro atoms. The second kappa shape index (κ2) is 8.42.